The summed E-state index contributed by atoms with van der Waals surface area (Å²) in [7, 11) is 0. The molecule has 0 fully saturated rings. The van der Waals surface area contributed by atoms with Gasteiger partial charge in [-0.05, 0) is 50.8 Å². The molecule has 0 bridgehead atoms. The topological polar surface area (TPSA) is 53.5 Å². The zero-order valence-electron chi connectivity index (χ0n) is 14.3. The third kappa shape index (κ3) is 6.57. The Bertz CT molecular complexity index is 544. The van der Waals surface area contributed by atoms with Gasteiger partial charge in [-0.3, -0.25) is 10.3 Å². The molecule has 1 aromatic rings. The van der Waals surface area contributed by atoms with Gasteiger partial charge in [0.1, 0.15) is 6.61 Å². The maximum Gasteiger partial charge on any atom is 0.102 e. The Labute approximate surface area is 139 Å². The van der Waals surface area contributed by atoms with Crippen LogP contribution in [-0.2, 0) is 4.84 Å². The average Bonchev–Trinajstić information content (AvgIpc) is 2.93. The van der Waals surface area contributed by atoms with Gasteiger partial charge in [0.15, 0.2) is 0 Å². The van der Waals surface area contributed by atoms with Crippen molar-refractivity contribution in [2.24, 2.45) is 0 Å². The van der Waals surface area contributed by atoms with Crippen molar-refractivity contribution in [1.82, 2.24) is 10.8 Å². The maximum absolute atomic E-state index is 9.93. The first-order valence-electron chi connectivity index (χ1n) is 8.21. The highest BCUT2D eigenvalue weighted by molar-refractivity contribution is 5.59. The van der Waals surface area contributed by atoms with Crippen molar-refractivity contribution in [3.05, 3.63) is 53.2 Å². The van der Waals surface area contributed by atoms with E-state index >= 15 is 0 Å². The van der Waals surface area contributed by atoms with E-state index in [9.17, 15) is 5.11 Å². The van der Waals surface area contributed by atoms with Crippen LogP contribution in [0.2, 0.25) is 0 Å². The molecule has 0 saturated heterocycles. The lowest BCUT2D eigenvalue weighted by atomic mass is 10.1. The number of hydrogen-bond donors (Lipinski definition) is 3. The van der Waals surface area contributed by atoms with Gasteiger partial charge in [0.25, 0.3) is 0 Å². The molecule has 2 rings (SSSR count). The summed E-state index contributed by atoms with van der Waals surface area (Å²) in [5.74, 6) is 0. The van der Waals surface area contributed by atoms with Crippen molar-refractivity contribution in [2.45, 2.75) is 45.3 Å². The molecule has 0 radical (unpaired) electrons. The molecule has 4 nitrogen and oxygen atoms in total. The third-order valence-electron chi connectivity index (χ3n) is 3.57. The van der Waals surface area contributed by atoms with E-state index in [1.807, 2.05) is 18.2 Å². The van der Waals surface area contributed by atoms with Gasteiger partial charge >= 0.3 is 0 Å². The highest BCUT2D eigenvalue weighted by atomic mass is 16.6. The predicted molar refractivity (Wildman–Crippen MR) is 94.6 cm³/mol. The molecule has 3 N–H and O–H groups in total. The number of rotatable bonds is 7. The second kappa shape index (κ2) is 8.29. The molecule has 0 saturated carbocycles. The lowest BCUT2D eigenvalue weighted by Crippen LogP contribution is -2.42. The van der Waals surface area contributed by atoms with Crippen LogP contribution in [0.25, 0.3) is 6.08 Å². The number of hydroxylamine groups is 1. The summed E-state index contributed by atoms with van der Waals surface area (Å²) in [5.41, 5.74) is 6.40. The summed E-state index contributed by atoms with van der Waals surface area (Å²) < 4.78 is 0. The molecule has 4 heteroatoms. The van der Waals surface area contributed by atoms with Crippen molar-refractivity contribution >= 4 is 6.08 Å². The van der Waals surface area contributed by atoms with Crippen LogP contribution < -0.4 is 10.8 Å². The Morgan fingerprint density at radius 1 is 1.26 bits per heavy atom. The van der Waals surface area contributed by atoms with Gasteiger partial charge in [0.2, 0.25) is 0 Å². The van der Waals surface area contributed by atoms with Gasteiger partial charge in [-0.25, -0.2) is 0 Å². The number of nitrogens with one attached hydrogen (secondary N) is 2. The van der Waals surface area contributed by atoms with Crippen molar-refractivity contribution in [3.8, 4) is 0 Å². The Morgan fingerprint density at radius 2 is 2.00 bits per heavy atom. The molecule has 0 heterocycles. The highest BCUT2D eigenvalue weighted by Crippen LogP contribution is 2.25. The fourth-order valence-electron chi connectivity index (χ4n) is 2.34. The zero-order valence-corrected chi connectivity index (χ0v) is 14.3. The Balaban J connectivity index is 1.78. The number of aliphatic hydroxyl groups is 1. The second-order valence-corrected chi connectivity index (χ2v) is 6.93. The van der Waals surface area contributed by atoms with Crippen LogP contribution in [0.15, 0.2) is 47.7 Å². The molecule has 0 aromatic heterocycles. The number of hydrogen-bond acceptors (Lipinski definition) is 4. The summed E-state index contributed by atoms with van der Waals surface area (Å²) in [6.07, 6.45) is 5.79. The molecule has 23 heavy (non-hydrogen) atoms. The average molecular weight is 316 g/mol. The van der Waals surface area contributed by atoms with E-state index in [0.29, 0.717) is 6.54 Å². The Kier molecular flexibility index (Phi) is 6.39. The second-order valence-electron chi connectivity index (χ2n) is 6.93. The summed E-state index contributed by atoms with van der Waals surface area (Å²) in [4.78, 5) is 5.46. The summed E-state index contributed by atoms with van der Waals surface area (Å²) in [6, 6.07) is 10.3. The number of allylic oxidation sites excluding steroid dienone is 2. The molecule has 0 aliphatic heterocycles. The SMILES string of the molecule is CC(C)(C)NC[C@H](O)CONC1=CCCC1=Cc1ccccc1. The van der Waals surface area contributed by atoms with Crippen LogP contribution in [0.3, 0.4) is 0 Å². The lowest BCUT2D eigenvalue weighted by Gasteiger charge is -2.23. The van der Waals surface area contributed by atoms with Gasteiger partial charge in [-0.15, -0.1) is 0 Å². The van der Waals surface area contributed by atoms with E-state index in [0.717, 1.165) is 18.5 Å². The Hall–Kier alpha value is -1.62. The first-order chi connectivity index (χ1) is 10.9. The smallest absolute Gasteiger partial charge is 0.102 e. The first-order valence-corrected chi connectivity index (χ1v) is 8.21. The van der Waals surface area contributed by atoms with E-state index in [2.05, 4.69) is 55.9 Å². The van der Waals surface area contributed by atoms with Crippen molar-refractivity contribution in [1.29, 1.82) is 0 Å². The molecule has 0 spiro atoms. The van der Waals surface area contributed by atoms with E-state index < -0.39 is 6.10 Å². The maximum atomic E-state index is 9.93. The summed E-state index contributed by atoms with van der Waals surface area (Å²) in [6.45, 7) is 6.98. The van der Waals surface area contributed by atoms with Gasteiger partial charge in [0.05, 0.1) is 11.8 Å². The largest absolute Gasteiger partial charge is 0.389 e. The summed E-state index contributed by atoms with van der Waals surface area (Å²) >= 11 is 0. The highest BCUT2D eigenvalue weighted by Gasteiger charge is 2.14. The van der Waals surface area contributed by atoms with E-state index in [1.54, 1.807) is 0 Å². The first kappa shape index (κ1) is 17.7. The van der Waals surface area contributed by atoms with Crippen molar-refractivity contribution < 1.29 is 9.94 Å². The standard InChI is InChI=1S/C19H28N2O2/c1-19(2,3)20-13-17(22)14-23-21-18-11-7-10-16(18)12-15-8-5-4-6-9-15/h4-6,8-9,11-12,17,20-22H,7,10,13-14H2,1-3H3/t17-/m0/s1. The van der Waals surface area contributed by atoms with Crippen LogP contribution in [0, 0.1) is 0 Å². The third-order valence-corrected chi connectivity index (χ3v) is 3.57. The predicted octanol–water partition coefficient (Wildman–Crippen LogP) is 3.02. The molecule has 1 aliphatic rings. The molecule has 1 aromatic carbocycles. The van der Waals surface area contributed by atoms with Crippen LogP contribution >= 0.6 is 0 Å². The Morgan fingerprint density at radius 3 is 2.70 bits per heavy atom. The molecular weight excluding hydrogens is 288 g/mol. The number of aliphatic hydroxyl groups excluding tert-OH is 1. The van der Waals surface area contributed by atoms with Crippen molar-refractivity contribution in [3.63, 3.8) is 0 Å². The lowest BCUT2D eigenvalue weighted by molar-refractivity contribution is -0.00578. The van der Waals surface area contributed by atoms with Gasteiger partial charge < -0.3 is 10.4 Å². The van der Waals surface area contributed by atoms with Gasteiger partial charge in [-0.1, -0.05) is 36.4 Å². The van der Waals surface area contributed by atoms with E-state index in [4.69, 9.17) is 4.84 Å². The van der Waals surface area contributed by atoms with Crippen LogP contribution in [0.1, 0.15) is 39.2 Å². The fraction of sp³-hybridized carbons (Fsp3) is 0.474. The zero-order chi connectivity index (χ0) is 16.7. The monoisotopic (exact) mass is 316 g/mol. The van der Waals surface area contributed by atoms with Crippen LogP contribution in [0.4, 0.5) is 0 Å². The number of β-amino-alcohol motifs (C(OH)–C–C–N with tert-alkyl or cyclic N) is 1. The number of benzene rings is 1. The fourth-order valence-corrected chi connectivity index (χ4v) is 2.34. The van der Waals surface area contributed by atoms with Gasteiger partial charge in [0, 0.05) is 12.1 Å². The normalized spacial score (nSPS) is 18.1. The van der Waals surface area contributed by atoms with Crippen molar-refractivity contribution in [2.75, 3.05) is 13.2 Å². The molecule has 1 atom stereocenters. The van der Waals surface area contributed by atoms with E-state index in [1.165, 1.54) is 11.1 Å². The van der Waals surface area contributed by atoms with E-state index in [-0.39, 0.29) is 12.1 Å². The molecule has 126 valence electrons. The quantitative estimate of drug-likeness (QED) is 0.677. The minimum Gasteiger partial charge on any atom is -0.389 e. The minimum atomic E-state index is -0.537. The van der Waals surface area contributed by atoms with Gasteiger partial charge in [-0.2, -0.15) is 0 Å². The molecular formula is C19H28N2O2. The molecule has 0 amide bonds. The molecule has 1 aliphatic carbocycles. The van der Waals surface area contributed by atoms with Crippen LogP contribution in [0.5, 0.6) is 0 Å². The minimum absolute atomic E-state index is 0.00597. The van der Waals surface area contributed by atoms with Crippen LogP contribution in [-0.4, -0.2) is 29.9 Å². The summed E-state index contributed by atoms with van der Waals surface area (Å²) in [5, 5.41) is 13.2. The molecule has 0 unspecified atom stereocenters.